The number of carbonyl (C=O) groups excluding carboxylic acids is 1. The molecule has 2 N–H and O–H groups in total. The van der Waals surface area contributed by atoms with Crippen molar-refractivity contribution in [1.29, 1.82) is 0 Å². The number of carbonyl (C=O) groups is 1. The highest BCUT2D eigenvalue weighted by molar-refractivity contribution is 5.86. The minimum absolute atomic E-state index is 0.216. The highest BCUT2D eigenvalue weighted by Crippen LogP contribution is 2.29. The van der Waals surface area contributed by atoms with E-state index in [-0.39, 0.29) is 11.7 Å². The van der Waals surface area contributed by atoms with Gasteiger partial charge in [-0.25, -0.2) is 4.39 Å². The second-order valence-electron chi connectivity index (χ2n) is 10.4. The Morgan fingerprint density at radius 1 is 1.03 bits per heavy atom. The van der Waals surface area contributed by atoms with Crippen LogP contribution < -0.4 is 10.2 Å². The van der Waals surface area contributed by atoms with Crippen molar-refractivity contribution in [3.8, 4) is 11.3 Å². The fraction of sp³-hybridized carbons (Fsp3) is 0.483. The van der Waals surface area contributed by atoms with Crippen LogP contribution in [0.15, 0.2) is 48.5 Å². The average molecular weight is 492 g/mol. The van der Waals surface area contributed by atoms with Gasteiger partial charge in [0.15, 0.2) is 0 Å². The second kappa shape index (κ2) is 11.0. The van der Waals surface area contributed by atoms with Crippen LogP contribution >= 0.6 is 0 Å². The Bertz CT molecular complexity index is 1180. The molecule has 0 aliphatic carbocycles. The first-order valence-corrected chi connectivity index (χ1v) is 13.3. The summed E-state index contributed by atoms with van der Waals surface area (Å²) < 4.78 is 13.6. The van der Waals surface area contributed by atoms with E-state index in [0.717, 1.165) is 80.8 Å². The molecule has 6 nitrogen and oxygen atoms in total. The van der Waals surface area contributed by atoms with Gasteiger partial charge in [-0.1, -0.05) is 12.1 Å². The van der Waals surface area contributed by atoms with Crippen LogP contribution in [-0.2, 0) is 4.79 Å². The summed E-state index contributed by atoms with van der Waals surface area (Å²) in [6.07, 6.45) is 2.71. The third-order valence-corrected chi connectivity index (χ3v) is 7.77. The highest BCUT2D eigenvalue weighted by atomic mass is 19.1. The van der Waals surface area contributed by atoms with Crippen molar-refractivity contribution >= 4 is 22.5 Å². The average Bonchev–Trinajstić information content (AvgIpc) is 3.32. The number of halogens is 1. The van der Waals surface area contributed by atoms with Crippen LogP contribution in [-0.4, -0.2) is 78.6 Å². The number of hydrogen-bond acceptors (Lipinski definition) is 4. The van der Waals surface area contributed by atoms with E-state index in [1.165, 1.54) is 11.8 Å². The molecule has 0 spiro atoms. The monoisotopic (exact) mass is 491 g/mol. The molecule has 192 valence electrons. The standard InChI is InChI=1S/C29H38FN5O/c1-21(2)33-14-16-35(17-15-33)29(36)8-11-31-25-9-12-34(13-10-25)26-5-3-4-22(19-26)28-20-23-18-24(30)6-7-27(23)32-28/h3-7,18-21,25,31-32H,8-17H2,1-2H3. The van der Waals surface area contributed by atoms with Gasteiger partial charge in [-0.2, -0.15) is 0 Å². The Labute approximate surface area is 213 Å². The number of H-pyrrole nitrogens is 1. The van der Waals surface area contributed by atoms with Crippen molar-refractivity contribution in [1.82, 2.24) is 20.1 Å². The smallest absolute Gasteiger partial charge is 0.223 e. The summed E-state index contributed by atoms with van der Waals surface area (Å²) in [7, 11) is 0. The van der Waals surface area contributed by atoms with E-state index in [4.69, 9.17) is 0 Å². The largest absolute Gasteiger partial charge is 0.371 e. The van der Waals surface area contributed by atoms with Crippen molar-refractivity contribution in [2.45, 2.75) is 45.2 Å². The third-order valence-electron chi connectivity index (χ3n) is 7.77. The molecular weight excluding hydrogens is 453 g/mol. The molecule has 0 bridgehead atoms. The van der Waals surface area contributed by atoms with Gasteiger partial charge in [0.25, 0.3) is 0 Å². The molecule has 1 aromatic heterocycles. The molecule has 36 heavy (non-hydrogen) atoms. The topological polar surface area (TPSA) is 54.6 Å². The molecule has 0 radical (unpaired) electrons. The summed E-state index contributed by atoms with van der Waals surface area (Å²) in [5.41, 5.74) is 4.27. The van der Waals surface area contributed by atoms with E-state index in [9.17, 15) is 9.18 Å². The van der Waals surface area contributed by atoms with E-state index in [1.54, 1.807) is 12.1 Å². The van der Waals surface area contributed by atoms with Crippen molar-refractivity contribution in [3.63, 3.8) is 0 Å². The predicted molar refractivity (Wildman–Crippen MR) is 145 cm³/mol. The minimum Gasteiger partial charge on any atom is -0.371 e. The van der Waals surface area contributed by atoms with Gasteiger partial charge in [0.1, 0.15) is 5.82 Å². The number of piperazine rings is 1. The van der Waals surface area contributed by atoms with Crippen LogP contribution in [0.1, 0.15) is 33.1 Å². The SMILES string of the molecule is CC(C)N1CCN(C(=O)CCNC2CCN(c3cccc(-c4cc5cc(F)ccc5[nH]4)c3)CC2)CC1. The number of fused-ring (bicyclic) bond motifs is 1. The lowest BCUT2D eigenvalue weighted by atomic mass is 10.0. The van der Waals surface area contributed by atoms with Crippen LogP contribution in [0, 0.1) is 5.82 Å². The molecule has 2 aliphatic rings. The minimum atomic E-state index is -0.216. The molecule has 0 unspecified atom stereocenters. The molecule has 5 rings (SSSR count). The molecule has 2 saturated heterocycles. The fourth-order valence-corrected chi connectivity index (χ4v) is 5.50. The van der Waals surface area contributed by atoms with E-state index in [1.807, 2.05) is 11.0 Å². The van der Waals surface area contributed by atoms with Gasteiger partial charge in [-0.3, -0.25) is 9.69 Å². The van der Waals surface area contributed by atoms with Crippen molar-refractivity contribution in [2.75, 3.05) is 50.7 Å². The van der Waals surface area contributed by atoms with Crippen LogP contribution in [0.4, 0.5) is 10.1 Å². The van der Waals surface area contributed by atoms with Crippen LogP contribution in [0.2, 0.25) is 0 Å². The molecule has 3 heterocycles. The van der Waals surface area contributed by atoms with Crippen molar-refractivity contribution in [3.05, 3.63) is 54.3 Å². The van der Waals surface area contributed by atoms with Crippen LogP contribution in [0.5, 0.6) is 0 Å². The zero-order valence-corrected chi connectivity index (χ0v) is 21.5. The molecule has 2 aromatic carbocycles. The summed E-state index contributed by atoms with van der Waals surface area (Å²) in [6, 6.07) is 16.4. The molecule has 0 saturated carbocycles. The van der Waals surface area contributed by atoms with Gasteiger partial charge in [0.05, 0.1) is 0 Å². The van der Waals surface area contributed by atoms with Gasteiger partial charge in [0, 0.05) is 86.6 Å². The number of benzene rings is 2. The zero-order chi connectivity index (χ0) is 25.1. The summed E-state index contributed by atoms with van der Waals surface area (Å²) >= 11 is 0. The van der Waals surface area contributed by atoms with Crippen molar-refractivity contribution < 1.29 is 9.18 Å². The van der Waals surface area contributed by atoms with Gasteiger partial charge in [0.2, 0.25) is 5.91 Å². The highest BCUT2D eigenvalue weighted by Gasteiger charge is 2.23. The molecule has 3 aromatic rings. The molecule has 1 amide bonds. The number of amides is 1. The van der Waals surface area contributed by atoms with Gasteiger partial charge < -0.3 is 20.1 Å². The lowest BCUT2D eigenvalue weighted by Gasteiger charge is -2.37. The Balaban J connectivity index is 1.09. The number of nitrogens with zero attached hydrogens (tertiary/aromatic N) is 3. The van der Waals surface area contributed by atoms with Gasteiger partial charge in [-0.15, -0.1) is 0 Å². The van der Waals surface area contributed by atoms with E-state index in [2.05, 4.69) is 58.2 Å². The Morgan fingerprint density at radius 2 is 1.81 bits per heavy atom. The first kappa shape index (κ1) is 24.8. The maximum atomic E-state index is 13.6. The number of aromatic amines is 1. The first-order valence-electron chi connectivity index (χ1n) is 13.3. The van der Waals surface area contributed by atoms with Crippen LogP contribution in [0.3, 0.4) is 0 Å². The Kier molecular flexibility index (Phi) is 7.58. The molecule has 2 fully saturated rings. The summed E-state index contributed by atoms with van der Waals surface area (Å²) in [5, 5.41) is 4.51. The number of anilines is 1. The predicted octanol–water partition coefficient (Wildman–Crippen LogP) is 4.48. The van der Waals surface area contributed by atoms with E-state index in [0.29, 0.717) is 18.5 Å². The lowest BCUT2D eigenvalue weighted by molar-refractivity contribution is -0.133. The summed E-state index contributed by atoms with van der Waals surface area (Å²) in [4.78, 5) is 22.9. The number of rotatable bonds is 7. The fourth-order valence-electron chi connectivity index (χ4n) is 5.50. The van der Waals surface area contributed by atoms with E-state index < -0.39 is 0 Å². The number of aromatic nitrogens is 1. The van der Waals surface area contributed by atoms with Crippen molar-refractivity contribution in [2.24, 2.45) is 0 Å². The molecule has 0 atom stereocenters. The van der Waals surface area contributed by atoms with Gasteiger partial charge >= 0.3 is 0 Å². The Hall–Kier alpha value is -2.90. The zero-order valence-electron chi connectivity index (χ0n) is 21.5. The quantitative estimate of drug-likeness (QED) is 0.512. The Morgan fingerprint density at radius 3 is 2.56 bits per heavy atom. The number of hydrogen-bond donors (Lipinski definition) is 2. The maximum absolute atomic E-state index is 13.6. The second-order valence-corrected chi connectivity index (χ2v) is 10.4. The van der Waals surface area contributed by atoms with Gasteiger partial charge in [-0.05, 0) is 68.7 Å². The molecule has 2 aliphatic heterocycles. The van der Waals surface area contributed by atoms with E-state index >= 15 is 0 Å². The third kappa shape index (κ3) is 5.73. The first-order chi connectivity index (χ1) is 17.5. The van der Waals surface area contributed by atoms with Crippen LogP contribution in [0.25, 0.3) is 22.2 Å². The summed E-state index contributed by atoms with van der Waals surface area (Å²) in [6.45, 7) is 10.8. The number of piperidine rings is 1. The maximum Gasteiger partial charge on any atom is 0.223 e. The normalized spacial score (nSPS) is 17.9. The lowest BCUT2D eigenvalue weighted by Crippen LogP contribution is -2.51. The molecule has 7 heteroatoms. The molecular formula is C29H38FN5O. The summed E-state index contributed by atoms with van der Waals surface area (Å²) in [5.74, 6) is 0.0620. The number of nitrogens with one attached hydrogen (secondary N) is 2.